The number of pyridine rings is 1. The van der Waals surface area contributed by atoms with E-state index >= 15 is 0 Å². The lowest BCUT2D eigenvalue weighted by Crippen LogP contribution is -2.13. The van der Waals surface area contributed by atoms with Gasteiger partial charge in [0.15, 0.2) is 0 Å². The van der Waals surface area contributed by atoms with Crippen molar-refractivity contribution in [3.63, 3.8) is 0 Å². The minimum atomic E-state index is -3.69. The molecule has 0 bridgehead atoms. The molecule has 2 N–H and O–H groups in total. The third-order valence-electron chi connectivity index (χ3n) is 3.45. The highest BCUT2D eigenvalue weighted by molar-refractivity contribution is 7.92. The molecule has 5 nitrogen and oxygen atoms in total. The molecule has 3 rings (SSSR count). The number of sulfonamides is 1. The van der Waals surface area contributed by atoms with Crippen molar-refractivity contribution in [2.75, 3.05) is 10.0 Å². The summed E-state index contributed by atoms with van der Waals surface area (Å²) in [5.74, 6) is -0.147. The van der Waals surface area contributed by atoms with Gasteiger partial charge >= 0.3 is 0 Å². The van der Waals surface area contributed by atoms with Crippen molar-refractivity contribution in [3.05, 3.63) is 78.2 Å². The van der Waals surface area contributed by atoms with Crippen LogP contribution in [0, 0.1) is 12.7 Å². The highest BCUT2D eigenvalue weighted by atomic mass is 32.2. The maximum absolute atomic E-state index is 13.2. The summed E-state index contributed by atoms with van der Waals surface area (Å²) < 4.78 is 40.2. The van der Waals surface area contributed by atoms with Gasteiger partial charge in [-0.2, -0.15) is 0 Å². The minimum Gasteiger partial charge on any atom is -0.354 e. The van der Waals surface area contributed by atoms with Gasteiger partial charge in [0.1, 0.15) is 11.6 Å². The molecule has 128 valence electrons. The highest BCUT2D eigenvalue weighted by Gasteiger charge is 2.14. The molecule has 0 amide bonds. The fourth-order valence-electron chi connectivity index (χ4n) is 2.18. The Morgan fingerprint density at radius 3 is 2.36 bits per heavy atom. The van der Waals surface area contributed by atoms with Gasteiger partial charge in [0.05, 0.1) is 16.8 Å². The smallest absolute Gasteiger partial charge is 0.263 e. The Labute approximate surface area is 145 Å². The van der Waals surface area contributed by atoms with Crippen LogP contribution in [0.2, 0.25) is 0 Å². The third kappa shape index (κ3) is 4.33. The summed E-state index contributed by atoms with van der Waals surface area (Å²) in [5.41, 5.74) is 2.17. The number of hydrogen-bond acceptors (Lipinski definition) is 4. The van der Waals surface area contributed by atoms with E-state index < -0.39 is 10.0 Å². The Morgan fingerprint density at radius 2 is 1.72 bits per heavy atom. The molecule has 0 saturated carbocycles. The predicted octanol–water partition coefficient (Wildman–Crippen LogP) is 4.07. The summed E-state index contributed by atoms with van der Waals surface area (Å²) in [4.78, 5) is 4.25. The van der Waals surface area contributed by atoms with Crippen molar-refractivity contribution in [2.24, 2.45) is 0 Å². The van der Waals surface area contributed by atoms with E-state index in [2.05, 4.69) is 15.0 Å². The molecule has 0 aliphatic heterocycles. The molecule has 0 aliphatic carbocycles. The molecule has 0 atom stereocenters. The number of aromatic nitrogens is 1. The second kappa shape index (κ2) is 6.90. The zero-order valence-corrected chi connectivity index (χ0v) is 14.2. The van der Waals surface area contributed by atoms with Crippen LogP contribution in [0.4, 0.5) is 21.6 Å². The third-order valence-corrected chi connectivity index (χ3v) is 4.82. The van der Waals surface area contributed by atoms with Crippen LogP contribution in [0.3, 0.4) is 0 Å². The Kier molecular flexibility index (Phi) is 4.67. The minimum absolute atomic E-state index is 0.168. The van der Waals surface area contributed by atoms with Crippen LogP contribution in [0.25, 0.3) is 0 Å². The normalized spacial score (nSPS) is 11.1. The molecule has 1 aromatic heterocycles. The molecule has 0 unspecified atom stereocenters. The molecule has 0 saturated heterocycles. The summed E-state index contributed by atoms with van der Waals surface area (Å²) >= 11 is 0. The average molecular weight is 357 g/mol. The van der Waals surface area contributed by atoms with Crippen molar-refractivity contribution >= 4 is 27.2 Å². The van der Waals surface area contributed by atoms with Crippen molar-refractivity contribution in [2.45, 2.75) is 11.8 Å². The van der Waals surface area contributed by atoms with Crippen LogP contribution in [0.1, 0.15) is 5.56 Å². The molecule has 7 heteroatoms. The first-order valence-corrected chi connectivity index (χ1v) is 8.99. The standard InChI is InChI=1S/C18H16FN3O2S/c1-13-5-8-17(9-6-13)25(23,24)22-18-10-7-16(12-20-18)21-15-4-2-3-14(19)11-15/h2-12,21H,1H3,(H,20,22). The van der Waals surface area contributed by atoms with E-state index in [-0.39, 0.29) is 16.5 Å². The Balaban J connectivity index is 1.73. The SMILES string of the molecule is Cc1ccc(S(=O)(=O)Nc2ccc(Nc3cccc(F)c3)cn2)cc1. The van der Waals surface area contributed by atoms with Crippen molar-refractivity contribution < 1.29 is 12.8 Å². The van der Waals surface area contributed by atoms with Gasteiger partial charge in [-0.05, 0) is 49.4 Å². The van der Waals surface area contributed by atoms with Gasteiger partial charge in [0.25, 0.3) is 10.0 Å². The van der Waals surface area contributed by atoms with Gasteiger partial charge in [-0.3, -0.25) is 4.72 Å². The topological polar surface area (TPSA) is 71.1 Å². The fourth-order valence-corrected chi connectivity index (χ4v) is 3.18. The number of aryl methyl sites for hydroxylation is 1. The van der Waals surface area contributed by atoms with Gasteiger partial charge in [-0.25, -0.2) is 17.8 Å². The van der Waals surface area contributed by atoms with Crippen molar-refractivity contribution in [1.82, 2.24) is 4.98 Å². The lowest BCUT2D eigenvalue weighted by molar-refractivity contribution is 0.601. The zero-order valence-electron chi connectivity index (χ0n) is 13.4. The van der Waals surface area contributed by atoms with E-state index in [1.165, 1.54) is 36.5 Å². The molecule has 25 heavy (non-hydrogen) atoms. The van der Waals surface area contributed by atoms with Crippen LogP contribution >= 0.6 is 0 Å². The highest BCUT2D eigenvalue weighted by Crippen LogP contribution is 2.19. The molecule has 0 aliphatic rings. The van der Waals surface area contributed by atoms with E-state index in [0.717, 1.165) is 5.56 Å². The molecular formula is C18H16FN3O2S. The first-order valence-electron chi connectivity index (χ1n) is 7.50. The number of hydrogen-bond donors (Lipinski definition) is 2. The monoisotopic (exact) mass is 357 g/mol. The predicted molar refractivity (Wildman–Crippen MR) is 95.9 cm³/mol. The number of benzene rings is 2. The lowest BCUT2D eigenvalue weighted by atomic mass is 10.2. The lowest BCUT2D eigenvalue weighted by Gasteiger charge is -2.09. The van der Waals surface area contributed by atoms with E-state index in [1.54, 1.807) is 30.3 Å². The Hall–Kier alpha value is -2.93. The second-order valence-electron chi connectivity index (χ2n) is 5.49. The average Bonchev–Trinajstić information content (AvgIpc) is 2.57. The van der Waals surface area contributed by atoms with Crippen LogP contribution < -0.4 is 10.0 Å². The van der Waals surface area contributed by atoms with Crippen molar-refractivity contribution in [3.8, 4) is 0 Å². The maximum Gasteiger partial charge on any atom is 0.263 e. The fraction of sp³-hybridized carbons (Fsp3) is 0.0556. The second-order valence-corrected chi connectivity index (χ2v) is 7.17. The number of nitrogens with one attached hydrogen (secondary N) is 2. The molecule has 1 heterocycles. The first-order chi connectivity index (χ1) is 11.9. The van der Waals surface area contributed by atoms with E-state index in [9.17, 15) is 12.8 Å². The Morgan fingerprint density at radius 1 is 0.960 bits per heavy atom. The van der Waals surface area contributed by atoms with Gasteiger partial charge in [0, 0.05) is 5.69 Å². The van der Waals surface area contributed by atoms with E-state index in [0.29, 0.717) is 11.4 Å². The molecular weight excluding hydrogens is 341 g/mol. The number of halogens is 1. The van der Waals surface area contributed by atoms with Crippen LogP contribution in [0.15, 0.2) is 71.8 Å². The van der Waals surface area contributed by atoms with Gasteiger partial charge < -0.3 is 5.32 Å². The number of nitrogens with zero attached hydrogens (tertiary/aromatic N) is 1. The number of anilines is 3. The number of rotatable bonds is 5. The Bertz CT molecular complexity index is 972. The summed E-state index contributed by atoms with van der Waals surface area (Å²) in [6.45, 7) is 1.88. The largest absolute Gasteiger partial charge is 0.354 e. The van der Waals surface area contributed by atoms with Crippen LogP contribution in [-0.4, -0.2) is 13.4 Å². The summed E-state index contributed by atoms with van der Waals surface area (Å²) in [7, 11) is -3.69. The van der Waals surface area contributed by atoms with Crippen molar-refractivity contribution in [1.29, 1.82) is 0 Å². The molecule has 2 aromatic carbocycles. The van der Waals surface area contributed by atoms with Gasteiger partial charge in [0.2, 0.25) is 0 Å². The van der Waals surface area contributed by atoms with E-state index in [1.807, 2.05) is 6.92 Å². The molecule has 0 fully saturated rings. The molecule has 3 aromatic rings. The maximum atomic E-state index is 13.2. The summed E-state index contributed by atoms with van der Waals surface area (Å²) in [6, 6.07) is 15.8. The summed E-state index contributed by atoms with van der Waals surface area (Å²) in [5, 5.41) is 2.99. The van der Waals surface area contributed by atoms with Crippen LogP contribution in [-0.2, 0) is 10.0 Å². The quantitative estimate of drug-likeness (QED) is 0.722. The zero-order chi connectivity index (χ0) is 17.9. The van der Waals surface area contributed by atoms with E-state index in [4.69, 9.17) is 0 Å². The first kappa shape index (κ1) is 16.9. The van der Waals surface area contributed by atoms with Gasteiger partial charge in [-0.15, -0.1) is 0 Å². The summed E-state index contributed by atoms with van der Waals surface area (Å²) in [6.07, 6.45) is 1.47. The van der Waals surface area contributed by atoms with Crippen LogP contribution in [0.5, 0.6) is 0 Å². The molecule has 0 radical (unpaired) electrons. The molecule has 0 spiro atoms. The van der Waals surface area contributed by atoms with Gasteiger partial charge in [-0.1, -0.05) is 23.8 Å².